The van der Waals surface area contributed by atoms with Crippen molar-refractivity contribution >= 4 is 33.8 Å². The van der Waals surface area contributed by atoms with Crippen molar-refractivity contribution in [2.45, 2.75) is 39.5 Å². The monoisotopic (exact) mass is 342 g/mol. The zero-order chi connectivity index (χ0) is 17.3. The molecule has 2 amide bonds. The highest BCUT2D eigenvalue weighted by atomic mass is 32.1. The number of rotatable bonds is 5. The van der Waals surface area contributed by atoms with Gasteiger partial charge >= 0.3 is 0 Å². The Hall–Kier alpha value is -2.14. The summed E-state index contributed by atoms with van der Waals surface area (Å²) in [6, 6.07) is 9.77. The van der Waals surface area contributed by atoms with E-state index in [2.05, 4.69) is 30.5 Å². The number of benzene rings is 1. The van der Waals surface area contributed by atoms with E-state index in [-0.39, 0.29) is 17.7 Å². The van der Waals surface area contributed by atoms with Gasteiger partial charge in [-0.1, -0.05) is 26.0 Å². The molecule has 1 aromatic heterocycles. The zero-order valence-electron chi connectivity index (χ0n) is 14.2. The summed E-state index contributed by atoms with van der Waals surface area (Å²) in [6.45, 7) is 6.14. The minimum absolute atomic E-state index is 0.0628. The van der Waals surface area contributed by atoms with Gasteiger partial charge in [-0.2, -0.15) is 0 Å². The van der Waals surface area contributed by atoms with E-state index in [1.807, 2.05) is 31.2 Å². The number of hydrogen-bond acceptors (Lipinski definition) is 3. The summed E-state index contributed by atoms with van der Waals surface area (Å²) >= 11 is 1.33. The number of hydrogen-bond donors (Lipinski definition) is 2. The molecule has 1 heterocycles. The third-order valence-corrected chi connectivity index (χ3v) is 5.28. The average Bonchev–Trinajstić information content (AvgIpc) is 3.32. The van der Waals surface area contributed by atoms with Crippen LogP contribution >= 0.6 is 11.3 Å². The van der Waals surface area contributed by atoms with E-state index >= 15 is 0 Å². The molecular weight excluding hydrogens is 320 g/mol. The van der Waals surface area contributed by atoms with Crippen molar-refractivity contribution in [2.75, 3.05) is 10.6 Å². The van der Waals surface area contributed by atoms with Gasteiger partial charge in [0.1, 0.15) is 0 Å². The zero-order valence-corrected chi connectivity index (χ0v) is 15.0. The number of carbonyl (C=O) groups is 2. The maximum absolute atomic E-state index is 12.5. The quantitative estimate of drug-likeness (QED) is 0.821. The first-order chi connectivity index (χ1) is 11.4. The molecule has 1 fully saturated rings. The van der Waals surface area contributed by atoms with Gasteiger partial charge in [-0.25, -0.2) is 0 Å². The highest BCUT2D eigenvalue weighted by Crippen LogP contribution is 2.33. The predicted molar refractivity (Wildman–Crippen MR) is 98.9 cm³/mol. The fourth-order valence-electron chi connectivity index (χ4n) is 2.50. The predicted octanol–water partition coefficient (Wildman–Crippen LogP) is 4.78. The van der Waals surface area contributed by atoms with E-state index < -0.39 is 0 Å². The highest BCUT2D eigenvalue weighted by molar-refractivity contribution is 7.18. The third-order valence-electron chi connectivity index (χ3n) is 4.13. The Labute approximate surface area is 146 Å². The summed E-state index contributed by atoms with van der Waals surface area (Å²) in [4.78, 5) is 25.0. The first kappa shape index (κ1) is 16.7. The van der Waals surface area contributed by atoms with E-state index in [0.29, 0.717) is 10.8 Å². The van der Waals surface area contributed by atoms with E-state index in [4.69, 9.17) is 0 Å². The largest absolute Gasteiger partial charge is 0.321 e. The molecule has 1 aliphatic rings. The average molecular weight is 342 g/mol. The normalized spacial score (nSPS) is 13.8. The summed E-state index contributed by atoms with van der Waals surface area (Å²) in [7, 11) is 0. The second kappa shape index (κ2) is 6.77. The van der Waals surface area contributed by atoms with Gasteiger partial charge in [0.25, 0.3) is 5.91 Å². The van der Waals surface area contributed by atoms with E-state index in [1.54, 1.807) is 0 Å². The van der Waals surface area contributed by atoms with Crippen LogP contribution in [0.1, 0.15) is 53.4 Å². The van der Waals surface area contributed by atoms with Crippen molar-refractivity contribution in [2.24, 2.45) is 5.92 Å². The molecule has 4 nitrogen and oxygen atoms in total. The Morgan fingerprint density at radius 1 is 1.17 bits per heavy atom. The molecule has 0 radical (unpaired) electrons. The lowest BCUT2D eigenvalue weighted by atomic mass is 10.0. The summed E-state index contributed by atoms with van der Waals surface area (Å²) < 4.78 is 0. The summed E-state index contributed by atoms with van der Waals surface area (Å²) in [6.07, 6.45) is 1.94. The molecular formula is C19H22N2O2S. The molecule has 2 N–H and O–H groups in total. The van der Waals surface area contributed by atoms with E-state index in [0.717, 1.165) is 29.1 Å². The van der Waals surface area contributed by atoms with Crippen LogP contribution in [0.25, 0.3) is 0 Å². The van der Waals surface area contributed by atoms with Crippen LogP contribution in [0.5, 0.6) is 0 Å². The fraction of sp³-hybridized carbons (Fsp3) is 0.368. The molecule has 5 heteroatoms. The standard InChI is InChI=1S/C19H22N2O2S/c1-11(2)14-5-4-6-15(10-14)20-19(23)17-12(3)9-16(24-17)21-18(22)13-7-8-13/h4-6,9-11,13H,7-8H2,1-3H3,(H,20,23)(H,21,22). The van der Waals surface area contributed by atoms with Crippen molar-refractivity contribution < 1.29 is 9.59 Å². The van der Waals surface area contributed by atoms with Gasteiger partial charge in [-0.3, -0.25) is 9.59 Å². The lowest BCUT2D eigenvalue weighted by Gasteiger charge is -2.09. The molecule has 1 saturated carbocycles. The minimum atomic E-state index is -0.134. The Morgan fingerprint density at radius 3 is 2.58 bits per heavy atom. The summed E-state index contributed by atoms with van der Waals surface area (Å²) in [5.41, 5.74) is 2.86. The maximum Gasteiger partial charge on any atom is 0.266 e. The number of amides is 2. The third kappa shape index (κ3) is 3.85. The van der Waals surface area contributed by atoms with Gasteiger partial charge in [0, 0.05) is 11.6 Å². The van der Waals surface area contributed by atoms with Crippen LogP contribution in [0.15, 0.2) is 30.3 Å². The van der Waals surface area contributed by atoms with Crippen molar-refractivity contribution in [3.8, 4) is 0 Å². The van der Waals surface area contributed by atoms with E-state index in [1.165, 1.54) is 16.9 Å². The van der Waals surface area contributed by atoms with Gasteiger partial charge in [0.2, 0.25) is 5.91 Å². The first-order valence-electron chi connectivity index (χ1n) is 8.26. The minimum Gasteiger partial charge on any atom is -0.321 e. The molecule has 0 aliphatic heterocycles. The Balaban J connectivity index is 1.71. The SMILES string of the molecule is Cc1cc(NC(=O)C2CC2)sc1C(=O)Nc1cccc(C(C)C)c1. The second-order valence-corrected chi connectivity index (χ2v) is 7.67. The molecule has 1 aliphatic carbocycles. The van der Waals surface area contributed by atoms with Crippen LogP contribution in [-0.2, 0) is 4.79 Å². The van der Waals surface area contributed by atoms with Crippen LogP contribution in [0.2, 0.25) is 0 Å². The number of thiophene rings is 1. The van der Waals surface area contributed by atoms with Crippen molar-refractivity contribution in [1.29, 1.82) is 0 Å². The molecule has 0 spiro atoms. The Kier molecular flexibility index (Phi) is 4.71. The second-order valence-electron chi connectivity index (χ2n) is 6.62. The summed E-state index contributed by atoms with van der Waals surface area (Å²) in [5, 5.41) is 6.60. The Morgan fingerprint density at radius 2 is 1.92 bits per heavy atom. The lowest BCUT2D eigenvalue weighted by Crippen LogP contribution is -2.12. The molecule has 126 valence electrons. The first-order valence-corrected chi connectivity index (χ1v) is 9.08. The number of aryl methyl sites for hydroxylation is 1. The van der Waals surface area contributed by atoms with Gasteiger partial charge in [-0.15, -0.1) is 11.3 Å². The van der Waals surface area contributed by atoms with Gasteiger partial charge < -0.3 is 10.6 Å². The van der Waals surface area contributed by atoms with Crippen LogP contribution < -0.4 is 10.6 Å². The Bertz CT molecular complexity index is 775. The van der Waals surface area contributed by atoms with Crippen molar-refractivity contribution in [3.05, 3.63) is 46.3 Å². The topological polar surface area (TPSA) is 58.2 Å². The molecule has 1 aromatic carbocycles. The fourth-order valence-corrected chi connectivity index (χ4v) is 3.47. The molecule has 0 unspecified atom stereocenters. The summed E-state index contributed by atoms with van der Waals surface area (Å²) in [5.74, 6) is 0.496. The number of carbonyl (C=O) groups excluding carboxylic acids is 2. The van der Waals surface area contributed by atoms with Gasteiger partial charge in [-0.05, 0) is 55.0 Å². The van der Waals surface area contributed by atoms with Crippen molar-refractivity contribution in [3.63, 3.8) is 0 Å². The number of nitrogens with one attached hydrogen (secondary N) is 2. The van der Waals surface area contributed by atoms with Crippen molar-refractivity contribution in [1.82, 2.24) is 0 Å². The molecule has 3 rings (SSSR count). The van der Waals surface area contributed by atoms with Crippen LogP contribution in [0, 0.1) is 12.8 Å². The van der Waals surface area contributed by atoms with Crippen LogP contribution in [0.4, 0.5) is 10.7 Å². The molecule has 24 heavy (non-hydrogen) atoms. The van der Waals surface area contributed by atoms with Gasteiger partial charge in [0.05, 0.1) is 9.88 Å². The van der Waals surface area contributed by atoms with Crippen LogP contribution in [-0.4, -0.2) is 11.8 Å². The highest BCUT2D eigenvalue weighted by Gasteiger charge is 2.30. The molecule has 2 aromatic rings. The van der Waals surface area contributed by atoms with Gasteiger partial charge in [0.15, 0.2) is 0 Å². The maximum atomic E-state index is 12.5. The molecule has 0 atom stereocenters. The molecule has 0 saturated heterocycles. The lowest BCUT2D eigenvalue weighted by molar-refractivity contribution is -0.117. The number of anilines is 2. The van der Waals surface area contributed by atoms with E-state index in [9.17, 15) is 9.59 Å². The molecule has 0 bridgehead atoms. The smallest absolute Gasteiger partial charge is 0.266 e. The van der Waals surface area contributed by atoms with Crippen LogP contribution in [0.3, 0.4) is 0 Å².